The van der Waals surface area contributed by atoms with E-state index in [9.17, 15) is 0 Å². The largest absolute Gasteiger partial charge is 0.497 e. The van der Waals surface area contributed by atoms with Crippen molar-refractivity contribution in [1.82, 2.24) is 4.90 Å². The molecular weight excluding hydrogens is 348 g/mol. The van der Waals surface area contributed by atoms with Gasteiger partial charge in [-0.3, -0.25) is 0 Å². The Morgan fingerprint density at radius 3 is 2.39 bits per heavy atom. The minimum absolute atomic E-state index is 0.830. The van der Waals surface area contributed by atoms with Gasteiger partial charge in [-0.15, -0.1) is 5.11 Å². The Morgan fingerprint density at radius 2 is 1.68 bits per heavy atom. The van der Waals surface area contributed by atoms with Crippen LogP contribution in [0, 0.1) is 0 Å². The van der Waals surface area contributed by atoms with E-state index in [0.29, 0.717) is 0 Å². The number of anilines is 1. The molecule has 0 spiro atoms. The van der Waals surface area contributed by atoms with E-state index in [-0.39, 0.29) is 0 Å². The summed E-state index contributed by atoms with van der Waals surface area (Å²) in [5, 5.41) is 14.6. The quantitative estimate of drug-likeness (QED) is 0.465. The van der Waals surface area contributed by atoms with Crippen LogP contribution in [-0.2, 0) is 0 Å². The second kappa shape index (κ2) is 9.85. The first-order chi connectivity index (χ1) is 13.7. The van der Waals surface area contributed by atoms with Gasteiger partial charge in [-0.2, -0.15) is 5.11 Å². The van der Waals surface area contributed by atoms with E-state index < -0.39 is 0 Å². The number of rotatable bonds is 9. The molecule has 28 heavy (non-hydrogen) atoms. The molecular formula is C23H28N4O. The molecule has 0 aliphatic heterocycles. The molecule has 0 saturated heterocycles. The zero-order valence-electron chi connectivity index (χ0n) is 16.9. The molecule has 5 heteroatoms. The Morgan fingerprint density at radius 1 is 0.893 bits per heavy atom. The summed E-state index contributed by atoms with van der Waals surface area (Å²) in [5.41, 5.74) is 2.76. The summed E-state index contributed by atoms with van der Waals surface area (Å²) in [7, 11) is 1.69. The normalized spacial score (nSPS) is 11.4. The van der Waals surface area contributed by atoms with Crippen molar-refractivity contribution in [2.45, 2.75) is 13.8 Å². The Balaban J connectivity index is 1.89. The van der Waals surface area contributed by atoms with Crippen LogP contribution in [0.15, 0.2) is 70.9 Å². The van der Waals surface area contributed by atoms with E-state index in [2.05, 4.69) is 46.4 Å². The van der Waals surface area contributed by atoms with Crippen molar-refractivity contribution in [2.24, 2.45) is 10.2 Å². The molecule has 0 radical (unpaired) electrons. The highest BCUT2D eigenvalue weighted by Crippen LogP contribution is 2.35. The minimum atomic E-state index is 0.830. The molecule has 0 amide bonds. The fourth-order valence-electron chi connectivity index (χ4n) is 3.17. The molecule has 3 rings (SSSR count). The second-order valence-electron chi connectivity index (χ2n) is 6.53. The van der Waals surface area contributed by atoms with Crippen LogP contribution in [0.4, 0.5) is 17.1 Å². The zero-order valence-corrected chi connectivity index (χ0v) is 16.9. The summed E-state index contributed by atoms with van der Waals surface area (Å²) in [6.07, 6.45) is 0. The van der Waals surface area contributed by atoms with Gasteiger partial charge in [-0.05, 0) is 55.6 Å². The summed E-state index contributed by atoms with van der Waals surface area (Å²) in [4.78, 5) is 2.40. The number of benzene rings is 3. The maximum absolute atomic E-state index is 5.43. The van der Waals surface area contributed by atoms with Crippen LogP contribution in [0.2, 0.25) is 0 Å². The molecule has 0 aliphatic rings. The lowest BCUT2D eigenvalue weighted by Crippen LogP contribution is -2.28. The van der Waals surface area contributed by atoms with E-state index in [1.807, 2.05) is 48.5 Å². The average Bonchev–Trinajstić information content (AvgIpc) is 2.76. The van der Waals surface area contributed by atoms with E-state index in [1.54, 1.807) is 7.11 Å². The number of nitrogens with zero attached hydrogens (tertiary/aromatic N) is 3. The molecule has 0 aromatic heterocycles. The van der Waals surface area contributed by atoms with Crippen molar-refractivity contribution in [2.75, 3.05) is 38.6 Å². The molecule has 146 valence electrons. The molecule has 0 saturated carbocycles. The highest BCUT2D eigenvalue weighted by molar-refractivity contribution is 6.01. The van der Waals surface area contributed by atoms with E-state index in [4.69, 9.17) is 4.74 Å². The fourth-order valence-corrected chi connectivity index (χ4v) is 3.17. The monoisotopic (exact) mass is 376 g/mol. The van der Waals surface area contributed by atoms with Crippen molar-refractivity contribution >= 4 is 27.8 Å². The summed E-state index contributed by atoms with van der Waals surface area (Å²) < 4.78 is 5.43. The van der Waals surface area contributed by atoms with E-state index >= 15 is 0 Å². The average molecular weight is 377 g/mol. The molecule has 0 bridgehead atoms. The van der Waals surface area contributed by atoms with Crippen LogP contribution in [0.1, 0.15) is 13.8 Å². The van der Waals surface area contributed by atoms with Gasteiger partial charge in [-0.25, -0.2) is 0 Å². The molecule has 0 aliphatic carbocycles. The minimum Gasteiger partial charge on any atom is -0.497 e. The van der Waals surface area contributed by atoms with Crippen LogP contribution in [0.25, 0.3) is 10.8 Å². The molecule has 3 aromatic rings. The number of nitrogens with one attached hydrogen (secondary N) is 1. The lowest BCUT2D eigenvalue weighted by Gasteiger charge is -2.19. The van der Waals surface area contributed by atoms with Gasteiger partial charge in [0.2, 0.25) is 0 Å². The number of likely N-dealkylation sites (N-methyl/N-ethyl adjacent to an activating group) is 1. The van der Waals surface area contributed by atoms with Crippen molar-refractivity contribution < 1.29 is 4.74 Å². The third-order valence-corrected chi connectivity index (χ3v) is 4.87. The van der Waals surface area contributed by atoms with Crippen LogP contribution in [0.3, 0.4) is 0 Å². The molecule has 0 atom stereocenters. The lowest BCUT2D eigenvalue weighted by atomic mass is 10.1. The third-order valence-electron chi connectivity index (χ3n) is 4.87. The molecule has 0 heterocycles. The van der Waals surface area contributed by atoms with Crippen LogP contribution < -0.4 is 10.1 Å². The first kappa shape index (κ1) is 19.8. The SMILES string of the molecule is CCN(CC)CCNc1ccc(N=Nc2ccccc2)c2ccc(OC)cc12. The number of hydrogen-bond donors (Lipinski definition) is 1. The molecule has 0 fully saturated rings. The standard InChI is InChI=1S/C23H28N4O/c1-4-27(5-2)16-15-24-22-13-14-23(26-25-18-9-7-6-8-10-18)20-12-11-19(28-3)17-21(20)22/h6-14,17,24H,4-5,15-16H2,1-3H3. The van der Waals surface area contributed by atoms with Gasteiger partial charge in [-0.1, -0.05) is 32.0 Å². The lowest BCUT2D eigenvalue weighted by molar-refractivity contribution is 0.316. The maximum atomic E-state index is 5.43. The molecule has 1 N–H and O–H groups in total. The predicted octanol–water partition coefficient (Wildman–Crippen LogP) is 6.02. The highest BCUT2D eigenvalue weighted by atomic mass is 16.5. The molecule has 5 nitrogen and oxygen atoms in total. The van der Waals surface area contributed by atoms with Crippen LogP contribution in [0.5, 0.6) is 5.75 Å². The van der Waals surface area contributed by atoms with E-state index in [1.165, 1.54) is 0 Å². The van der Waals surface area contributed by atoms with Crippen molar-refractivity contribution in [3.8, 4) is 5.75 Å². The summed E-state index contributed by atoms with van der Waals surface area (Å²) in [6, 6.07) is 19.9. The molecule has 0 unspecified atom stereocenters. The fraction of sp³-hybridized carbons (Fsp3) is 0.304. The summed E-state index contributed by atoms with van der Waals surface area (Å²) in [5.74, 6) is 0.830. The Labute approximate surface area is 167 Å². The van der Waals surface area contributed by atoms with Crippen molar-refractivity contribution in [1.29, 1.82) is 0 Å². The second-order valence-corrected chi connectivity index (χ2v) is 6.53. The van der Waals surface area contributed by atoms with Gasteiger partial charge in [0.15, 0.2) is 0 Å². The Hall–Kier alpha value is -2.92. The summed E-state index contributed by atoms with van der Waals surface area (Å²) in [6.45, 7) is 8.40. The van der Waals surface area contributed by atoms with E-state index in [0.717, 1.165) is 59.8 Å². The van der Waals surface area contributed by atoms with Gasteiger partial charge in [0.1, 0.15) is 5.75 Å². The number of fused-ring (bicyclic) bond motifs is 1. The third kappa shape index (κ3) is 4.87. The zero-order chi connectivity index (χ0) is 19.8. The van der Waals surface area contributed by atoms with Crippen molar-refractivity contribution in [3.63, 3.8) is 0 Å². The maximum Gasteiger partial charge on any atom is 0.119 e. The van der Waals surface area contributed by atoms with Gasteiger partial charge in [0.05, 0.1) is 18.5 Å². The van der Waals surface area contributed by atoms with Crippen LogP contribution in [-0.4, -0.2) is 38.2 Å². The number of hydrogen-bond acceptors (Lipinski definition) is 5. The van der Waals surface area contributed by atoms with Gasteiger partial charge in [0.25, 0.3) is 0 Å². The molecule has 3 aromatic carbocycles. The smallest absolute Gasteiger partial charge is 0.119 e. The predicted molar refractivity (Wildman–Crippen MR) is 117 cm³/mol. The summed E-state index contributed by atoms with van der Waals surface area (Å²) >= 11 is 0. The topological polar surface area (TPSA) is 49.2 Å². The van der Waals surface area contributed by atoms with Gasteiger partial charge >= 0.3 is 0 Å². The number of azo groups is 1. The van der Waals surface area contributed by atoms with Crippen molar-refractivity contribution in [3.05, 3.63) is 60.7 Å². The highest BCUT2D eigenvalue weighted by Gasteiger charge is 2.08. The Bertz CT molecular complexity index is 921. The number of methoxy groups -OCH3 is 1. The Kier molecular flexibility index (Phi) is 6.98. The van der Waals surface area contributed by atoms with Crippen LogP contribution >= 0.6 is 0 Å². The first-order valence-electron chi connectivity index (χ1n) is 9.79. The van der Waals surface area contributed by atoms with Gasteiger partial charge < -0.3 is 15.0 Å². The number of ether oxygens (including phenoxy) is 1. The first-order valence-corrected chi connectivity index (χ1v) is 9.79. The van der Waals surface area contributed by atoms with Gasteiger partial charge in [0, 0.05) is 29.5 Å².